The summed E-state index contributed by atoms with van der Waals surface area (Å²) in [6.07, 6.45) is 2.43. The van der Waals surface area contributed by atoms with Crippen LogP contribution >= 0.6 is 0 Å². The zero-order valence-corrected chi connectivity index (χ0v) is 11.8. The molecule has 1 aliphatic carbocycles. The van der Waals surface area contributed by atoms with Crippen molar-refractivity contribution in [2.24, 2.45) is 5.92 Å². The lowest BCUT2D eigenvalue weighted by atomic mass is 9.95. The monoisotopic (exact) mass is 289 g/mol. The van der Waals surface area contributed by atoms with Crippen molar-refractivity contribution in [3.8, 4) is 0 Å². The number of carbonyl (C=O) groups excluding carboxylic acids is 2. The fourth-order valence-electron chi connectivity index (χ4n) is 3.13. The second kappa shape index (κ2) is 5.76. The van der Waals surface area contributed by atoms with Crippen molar-refractivity contribution in [2.75, 3.05) is 6.54 Å². The van der Waals surface area contributed by atoms with Crippen molar-refractivity contribution >= 4 is 12.1 Å². The van der Waals surface area contributed by atoms with Gasteiger partial charge in [0.05, 0.1) is 5.92 Å². The molecule has 112 valence electrons. The number of hydrogen-bond donors (Lipinski definition) is 1. The summed E-state index contributed by atoms with van der Waals surface area (Å²) in [5.41, 5.74) is 0.519. The van der Waals surface area contributed by atoms with Gasteiger partial charge in [0, 0.05) is 19.4 Å². The highest BCUT2D eigenvalue weighted by atomic mass is 16.6. The van der Waals surface area contributed by atoms with Crippen LogP contribution in [0.1, 0.15) is 31.2 Å². The van der Waals surface area contributed by atoms with Gasteiger partial charge < -0.3 is 14.8 Å². The maximum Gasteiger partial charge on any atom is 0.407 e. The molecular weight excluding hydrogens is 270 g/mol. The van der Waals surface area contributed by atoms with E-state index in [0.717, 1.165) is 24.8 Å². The third-order valence-electron chi connectivity index (χ3n) is 4.28. The Hall–Kier alpha value is -2.04. The lowest BCUT2D eigenvalue weighted by molar-refractivity contribution is -0.150. The number of amides is 1. The molecule has 1 aliphatic heterocycles. The van der Waals surface area contributed by atoms with E-state index in [4.69, 9.17) is 9.47 Å². The molecule has 21 heavy (non-hydrogen) atoms. The highest BCUT2D eigenvalue weighted by molar-refractivity contribution is 5.74. The third-order valence-corrected chi connectivity index (χ3v) is 4.28. The number of rotatable bonds is 3. The fraction of sp³-hybridized carbons (Fsp3) is 0.500. The number of benzene rings is 1. The van der Waals surface area contributed by atoms with Crippen LogP contribution in [-0.4, -0.2) is 24.2 Å². The molecule has 2 fully saturated rings. The molecule has 1 amide bonds. The van der Waals surface area contributed by atoms with Crippen LogP contribution < -0.4 is 5.32 Å². The van der Waals surface area contributed by atoms with Crippen LogP contribution in [0.2, 0.25) is 0 Å². The minimum Gasteiger partial charge on any atom is -0.461 e. The summed E-state index contributed by atoms with van der Waals surface area (Å²) in [6, 6.07) is 9.62. The van der Waals surface area contributed by atoms with Gasteiger partial charge in [0.2, 0.25) is 0 Å². The van der Waals surface area contributed by atoms with Crippen LogP contribution in [0.5, 0.6) is 0 Å². The average molecular weight is 289 g/mol. The van der Waals surface area contributed by atoms with E-state index in [9.17, 15) is 9.59 Å². The Balaban J connectivity index is 1.53. The van der Waals surface area contributed by atoms with Gasteiger partial charge in [0.1, 0.15) is 12.2 Å². The Bertz CT molecular complexity index is 530. The number of nitrogens with one attached hydrogen (secondary N) is 1. The predicted molar refractivity (Wildman–Crippen MR) is 75.4 cm³/mol. The lowest BCUT2D eigenvalue weighted by Gasteiger charge is -2.33. The molecular formula is C16H19NO4. The molecule has 0 bridgehead atoms. The van der Waals surface area contributed by atoms with E-state index in [1.54, 1.807) is 0 Å². The van der Waals surface area contributed by atoms with Crippen molar-refractivity contribution in [1.82, 2.24) is 5.32 Å². The second-order valence-corrected chi connectivity index (χ2v) is 5.78. The van der Waals surface area contributed by atoms with Gasteiger partial charge in [-0.3, -0.25) is 4.79 Å². The second-order valence-electron chi connectivity index (χ2n) is 5.78. The Kier molecular flexibility index (Phi) is 3.82. The number of esters is 1. The first-order valence-electron chi connectivity index (χ1n) is 7.34. The summed E-state index contributed by atoms with van der Waals surface area (Å²) in [7, 11) is 0. The van der Waals surface area contributed by atoms with E-state index in [-0.39, 0.29) is 18.0 Å². The Morgan fingerprint density at radius 3 is 2.90 bits per heavy atom. The van der Waals surface area contributed by atoms with Crippen LogP contribution in [0.4, 0.5) is 4.79 Å². The minimum absolute atomic E-state index is 0.167. The molecule has 3 rings (SSSR count). The standard InChI is InChI=1S/C16H19NO4/c18-14(20-11-12-4-2-1-3-5-12)13-6-7-16(10-13)8-9-17-15(19)21-16/h1-5,13H,6-11H2,(H,17,19). The Morgan fingerprint density at radius 1 is 1.33 bits per heavy atom. The van der Waals surface area contributed by atoms with Crippen LogP contribution in [0, 0.1) is 5.92 Å². The molecule has 1 aromatic carbocycles. The van der Waals surface area contributed by atoms with E-state index < -0.39 is 5.60 Å². The van der Waals surface area contributed by atoms with Crippen molar-refractivity contribution in [1.29, 1.82) is 0 Å². The molecule has 2 unspecified atom stereocenters. The first-order valence-corrected chi connectivity index (χ1v) is 7.34. The quantitative estimate of drug-likeness (QED) is 0.868. The summed E-state index contributed by atoms with van der Waals surface area (Å²) in [5.74, 6) is -0.357. The topological polar surface area (TPSA) is 64.6 Å². The molecule has 0 radical (unpaired) electrons. The maximum atomic E-state index is 12.1. The molecule has 5 nitrogen and oxygen atoms in total. The minimum atomic E-state index is -0.460. The van der Waals surface area contributed by atoms with E-state index >= 15 is 0 Å². The summed E-state index contributed by atoms with van der Waals surface area (Å²) < 4.78 is 10.8. The van der Waals surface area contributed by atoms with E-state index in [1.807, 2.05) is 30.3 Å². The van der Waals surface area contributed by atoms with Gasteiger partial charge >= 0.3 is 12.1 Å². The van der Waals surface area contributed by atoms with Gasteiger partial charge in [-0.15, -0.1) is 0 Å². The Labute approximate surface area is 123 Å². The molecule has 2 atom stereocenters. The predicted octanol–water partition coefficient (Wildman–Crippen LogP) is 2.40. The smallest absolute Gasteiger partial charge is 0.407 e. The largest absolute Gasteiger partial charge is 0.461 e. The molecule has 0 aromatic heterocycles. The summed E-state index contributed by atoms with van der Waals surface area (Å²) in [6.45, 7) is 0.912. The van der Waals surface area contributed by atoms with Gasteiger partial charge in [0.25, 0.3) is 0 Å². The third kappa shape index (κ3) is 3.17. The van der Waals surface area contributed by atoms with Crippen molar-refractivity contribution in [3.63, 3.8) is 0 Å². The molecule has 1 saturated carbocycles. The first-order chi connectivity index (χ1) is 10.2. The molecule has 1 heterocycles. The van der Waals surface area contributed by atoms with Gasteiger partial charge in [0.15, 0.2) is 0 Å². The molecule has 1 saturated heterocycles. The van der Waals surface area contributed by atoms with Crippen LogP contribution in [0.3, 0.4) is 0 Å². The van der Waals surface area contributed by atoms with Gasteiger partial charge in [-0.1, -0.05) is 30.3 Å². The number of hydrogen-bond acceptors (Lipinski definition) is 4. The summed E-state index contributed by atoms with van der Waals surface area (Å²) >= 11 is 0. The van der Waals surface area contributed by atoms with E-state index in [0.29, 0.717) is 19.6 Å². The SMILES string of the molecule is O=C1NCCC2(CCC(C(=O)OCc3ccccc3)C2)O1. The number of carbonyl (C=O) groups is 2. The first kappa shape index (κ1) is 13.9. The molecule has 2 aliphatic rings. The van der Waals surface area contributed by atoms with E-state index in [1.165, 1.54) is 0 Å². The highest BCUT2D eigenvalue weighted by Crippen LogP contribution is 2.41. The molecule has 1 aromatic rings. The normalized spacial score (nSPS) is 28.0. The average Bonchev–Trinajstić information content (AvgIpc) is 2.89. The maximum absolute atomic E-state index is 12.1. The molecule has 1 N–H and O–H groups in total. The fourth-order valence-corrected chi connectivity index (χ4v) is 3.13. The van der Waals surface area contributed by atoms with Crippen LogP contribution in [0.25, 0.3) is 0 Å². The van der Waals surface area contributed by atoms with E-state index in [2.05, 4.69) is 5.32 Å². The molecule has 1 spiro atoms. The zero-order chi connectivity index (χ0) is 14.7. The van der Waals surface area contributed by atoms with Crippen molar-refractivity contribution < 1.29 is 19.1 Å². The number of alkyl carbamates (subject to hydrolysis) is 1. The molecule has 5 heteroatoms. The summed E-state index contributed by atoms with van der Waals surface area (Å²) in [4.78, 5) is 23.5. The number of ether oxygens (including phenoxy) is 2. The van der Waals surface area contributed by atoms with Crippen molar-refractivity contribution in [3.05, 3.63) is 35.9 Å². The van der Waals surface area contributed by atoms with Crippen molar-refractivity contribution in [2.45, 2.75) is 37.9 Å². The lowest BCUT2D eigenvalue weighted by Crippen LogP contribution is -2.46. The van der Waals surface area contributed by atoms with Crippen LogP contribution in [0.15, 0.2) is 30.3 Å². The summed E-state index contributed by atoms with van der Waals surface area (Å²) in [5, 5.41) is 2.65. The van der Waals surface area contributed by atoms with Gasteiger partial charge in [-0.25, -0.2) is 4.79 Å². The van der Waals surface area contributed by atoms with Gasteiger partial charge in [-0.2, -0.15) is 0 Å². The zero-order valence-electron chi connectivity index (χ0n) is 11.8. The van der Waals surface area contributed by atoms with Crippen LogP contribution in [-0.2, 0) is 20.9 Å². The highest BCUT2D eigenvalue weighted by Gasteiger charge is 2.46. The van der Waals surface area contributed by atoms with Gasteiger partial charge in [-0.05, 0) is 18.4 Å². The Morgan fingerprint density at radius 2 is 2.14 bits per heavy atom.